The molecule has 8 aromatic rings. The summed E-state index contributed by atoms with van der Waals surface area (Å²) in [4.78, 5) is 95.1. The molecule has 0 fully saturated rings. The van der Waals surface area contributed by atoms with Gasteiger partial charge < -0.3 is 68.1 Å². The number of phenols is 1. The average molecular weight is 1850 g/mol. The predicted octanol–water partition coefficient (Wildman–Crippen LogP) is 15.3. The molecule has 0 aliphatic carbocycles. The van der Waals surface area contributed by atoms with Crippen molar-refractivity contribution in [2.75, 3.05) is 150 Å². The Hall–Kier alpha value is -10.2. The summed E-state index contributed by atoms with van der Waals surface area (Å²) in [5.74, 6) is 1.54. The number of hydrogen-bond acceptors (Lipinski definition) is 22. The van der Waals surface area contributed by atoms with E-state index in [1.165, 1.54) is 5.56 Å². The van der Waals surface area contributed by atoms with Gasteiger partial charge in [-0.25, -0.2) is 0 Å². The zero-order valence-electron chi connectivity index (χ0n) is 77.3. The fourth-order valence-corrected chi connectivity index (χ4v) is 17.8. The van der Waals surface area contributed by atoms with Gasteiger partial charge in [0.2, 0.25) is 11.8 Å². The first-order valence-corrected chi connectivity index (χ1v) is 49.9. The quantitative estimate of drug-likeness (QED) is 0.0300. The van der Waals surface area contributed by atoms with E-state index in [-0.39, 0.29) is 108 Å². The van der Waals surface area contributed by atoms with Gasteiger partial charge in [0.05, 0.1) is 112 Å². The molecule has 0 radical (unpaired) electrons. The molecular formula is C101H126N10O15S4. The van der Waals surface area contributed by atoms with Crippen molar-refractivity contribution in [2.45, 2.75) is 167 Å². The molecule has 5 amide bonds. The lowest BCUT2D eigenvalue weighted by molar-refractivity contribution is -0.131. The second kappa shape index (κ2) is 46.3. The molecule has 3 N–H and O–H groups in total. The van der Waals surface area contributed by atoms with E-state index >= 15 is 0 Å². The highest BCUT2D eigenvalue weighted by Gasteiger charge is 2.40. The maximum Gasteiger partial charge on any atom is 0.261 e. The van der Waals surface area contributed by atoms with Gasteiger partial charge in [-0.3, -0.25) is 53.6 Å². The fraction of sp³-hybridized carbons (Fsp3) is 0.446. The number of nitrogens with zero attached hydrogens (tertiary/aromatic N) is 10. The summed E-state index contributed by atoms with van der Waals surface area (Å²) in [7, 11) is 4.79. The van der Waals surface area contributed by atoms with Gasteiger partial charge in [0.15, 0.2) is 11.5 Å². The SMILES string of the molecule is CCCOCCOCCN(CCCC(=O)N(C)CC(C)(C)S(C)=S)c1cc(CO)cc(CO)c1.CCCOCCOCCN(CCCC(=O)N(C)CC(C)(C)S(C)=S)c1cc(COc2cc3c(cc2C)C(=O)N2c4ccccc4C[C@H]2C=N3)cc(COc2cc3c(cc2OC)C(=O)N2c4ccccc4C[C@H]2C=N3)c1.Cc1cc2c(cc1O)N=C[C@@H]1Cc3ccccc3N1C2=O. The Kier molecular flexibility index (Phi) is 35.2. The molecule has 29 heteroatoms. The first-order valence-electron chi connectivity index (χ1n) is 44.8. The number of aromatic hydroxyl groups is 1. The molecule has 0 saturated carbocycles. The number of hydrogen-bond donors (Lipinski definition) is 3. The number of rotatable bonds is 41. The number of benzene rings is 8. The summed E-state index contributed by atoms with van der Waals surface area (Å²) in [5.41, 5.74) is 15.8. The van der Waals surface area contributed by atoms with Crippen molar-refractivity contribution < 1.29 is 72.5 Å². The largest absolute Gasteiger partial charge is 0.508 e. The zero-order chi connectivity index (χ0) is 92.9. The number of carbonyl (C=O) groups excluding carboxylic acids is 5. The molecule has 130 heavy (non-hydrogen) atoms. The van der Waals surface area contributed by atoms with Crippen molar-refractivity contribution >= 4 is 135 Å². The number of anilines is 5. The van der Waals surface area contributed by atoms with E-state index in [1.807, 2.05) is 141 Å². The van der Waals surface area contributed by atoms with Gasteiger partial charge in [-0.1, -0.05) is 96.9 Å². The van der Waals surface area contributed by atoms with Crippen LogP contribution in [0, 0.1) is 13.8 Å². The van der Waals surface area contributed by atoms with Gasteiger partial charge >= 0.3 is 0 Å². The summed E-state index contributed by atoms with van der Waals surface area (Å²) >= 11 is 11.1. The van der Waals surface area contributed by atoms with Crippen LogP contribution in [0.4, 0.5) is 45.5 Å². The highest BCUT2D eigenvalue weighted by Crippen LogP contribution is 2.44. The Morgan fingerprint density at radius 1 is 0.469 bits per heavy atom. The van der Waals surface area contributed by atoms with E-state index in [0.717, 1.165) is 93.3 Å². The van der Waals surface area contributed by atoms with Crippen LogP contribution in [0.15, 0.2) is 161 Å². The zero-order valence-corrected chi connectivity index (χ0v) is 80.5. The summed E-state index contributed by atoms with van der Waals surface area (Å²) in [6.45, 7) is 24.6. The average Bonchev–Trinajstić information content (AvgIpc) is 1.62. The molecule has 6 aliphatic heterocycles. The molecule has 0 saturated heterocycles. The van der Waals surface area contributed by atoms with Crippen molar-refractivity contribution in [3.63, 3.8) is 0 Å². The third-order valence-corrected chi connectivity index (χ3v) is 30.2. The monoisotopic (exact) mass is 1850 g/mol. The van der Waals surface area contributed by atoms with E-state index < -0.39 is 0 Å². The van der Waals surface area contributed by atoms with E-state index in [1.54, 1.807) is 65.3 Å². The topological polar surface area (TPSA) is 270 Å². The van der Waals surface area contributed by atoms with Crippen LogP contribution in [0.2, 0.25) is 0 Å². The Morgan fingerprint density at radius 3 is 1.23 bits per heavy atom. The number of aliphatic imine (C=N–C) groups is 3. The third kappa shape index (κ3) is 25.0. The van der Waals surface area contributed by atoms with Crippen molar-refractivity contribution in [2.24, 2.45) is 15.0 Å². The van der Waals surface area contributed by atoms with E-state index in [0.29, 0.717) is 181 Å². The smallest absolute Gasteiger partial charge is 0.261 e. The molecule has 25 nitrogen and oxygen atoms in total. The van der Waals surface area contributed by atoms with Crippen molar-refractivity contribution in [3.8, 4) is 23.0 Å². The van der Waals surface area contributed by atoms with Gasteiger partial charge in [0.1, 0.15) is 24.7 Å². The number of aliphatic hydroxyl groups is 2. The second-order valence-electron chi connectivity index (χ2n) is 34.8. The number of methoxy groups -OCH3 is 1. The fourth-order valence-electron chi connectivity index (χ4n) is 16.7. The molecule has 5 atom stereocenters. The Balaban J connectivity index is 0.000000226. The van der Waals surface area contributed by atoms with Crippen molar-refractivity contribution in [3.05, 3.63) is 212 Å². The number of carbonyl (C=O) groups is 5. The van der Waals surface area contributed by atoms with Gasteiger partial charge in [-0.2, -0.15) is 0 Å². The van der Waals surface area contributed by atoms with Crippen LogP contribution >= 0.6 is 0 Å². The third-order valence-electron chi connectivity index (χ3n) is 24.1. The number of amides is 5. The standard InChI is InChI=1S/C59H68N6O8S2.C25H44N2O5S2.C17H14N2O2/c1-8-21-70-23-24-71-22-20-63(19-13-18-56(66)62(5)38-59(3,4)75(7)74)44-27-40(36-72-53-32-49-47(25-39(53)2)57(67)64-45(34-60-49)29-42-14-9-11-16-51(42)64)26-41(28-44)37-73-55-33-50-48(31-54(55)69-6)58(68)65-46(35-61-50)30-43-15-10-12-17-52(43)65;1-6-11-31-13-14-32-12-10-27(23-16-21(18-28)15-22(17-23)19-29)9-7-8-24(30)26(4)20-25(2,3)34(5)33;1-10-6-13-14(8-16(10)20)18-9-12-7-11-4-2-3-5-15(11)19(12)17(13)21/h9-12,14-17,25-28,31-35,45-46H,8,13,18-24,29-30,36-38H2,1-7H3;15-17,28-29H,6-14,18-20H2,1-5H3;2-6,8-9,12,20H,7H2,1H3/t45-,46-,75?;;12-/m0.0/s1. The van der Waals surface area contributed by atoms with E-state index in [4.69, 9.17) is 65.5 Å². The number of para-hydroxylation sites is 3. The minimum atomic E-state index is -0.278. The van der Waals surface area contributed by atoms with Crippen LogP contribution in [0.25, 0.3) is 0 Å². The number of aliphatic hydroxyl groups excluding tert-OH is 2. The number of aryl methyl sites for hydroxylation is 2. The summed E-state index contributed by atoms with van der Waals surface area (Å²) < 4.78 is 41.9. The van der Waals surface area contributed by atoms with Gasteiger partial charge in [-0.05, 0) is 197 Å². The molecule has 0 bridgehead atoms. The molecule has 2 unspecified atom stereocenters. The molecule has 694 valence electrons. The van der Waals surface area contributed by atoms with E-state index in [2.05, 4.69) is 86.7 Å². The van der Waals surface area contributed by atoms with Gasteiger partial charge in [0, 0.05) is 173 Å². The molecule has 6 aliphatic rings. The number of ether oxygens (including phenoxy) is 7. The lowest BCUT2D eigenvalue weighted by atomic mass is 10.1. The van der Waals surface area contributed by atoms with Crippen LogP contribution in [0.1, 0.15) is 161 Å². The Bertz CT molecular complexity index is 5470. The lowest BCUT2D eigenvalue weighted by Crippen LogP contribution is -2.42. The van der Waals surface area contributed by atoms with Crippen molar-refractivity contribution in [1.29, 1.82) is 0 Å². The Morgan fingerprint density at radius 2 is 0.831 bits per heavy atom. The van der Waals surface area contributed by atoms with Crippen LogP contribution < -0.4 is 38.7 Å². The number of fused-ring (bicyclic) bond motifs is 12. The summed E-state index contributed by atoms with van der Waals surface area (Å²) in [5, 5.41) is 29.1. The molecule has 0 spiro atoms. The Labute approximate surface area is 780 Å². The maximum absolute atomic E-state index is 14.2. The second-order valence-corrected chi connectivity index (χ2v) is 41.9. The lowest BCUT2D eigenvalue weighted by Gasteiger charge is -2.31. The van der Waals surface area contributed by atoms with Crippen molar-refractivity contribution in [1.82, 2.24) is 9.80 Å². The molecule has 6 heterocycles. The van der Waals surface area contributed by atoms with E-state index in [9.17, 15) is 39.3 Å². The molecular weight excluding hydrogens is 1720 g/mol. The number of phenolic OH excluding ortho intramolecular Hbond substituents is 1. The normalized spacial score (nSPS) is 15.9. The van der Waals surface area contributed by atoms with Crippen LogP contribution in [0.3, 0.4) is 0 Å². The highest BCUT2D eigenvalue weighted by molar-refractivity contribution is 8.29. The molecule has 0 aromatic heterocycles. The highest BCUT2D eigenvalue weighted by atomic mass is 32.8. The molecule has 8 aromatic carbocycles. The minimum Gasteiger partial charge on any atom is -0.508 e. The molecule has 14 rings (SSSR count). The van der Waals surface area contributed by atoms with Crippen LogP contribution in [-0.4, -0.2) is 227 Å². The first-order chi connectivity index (χ1) is 62.5. The van der Waals surface area contributed by atoms with Crippen LogP contribution in [-0.2, 0) is 116 Å². The maximum atomic E-state index is 14.2. The summed E-state index contributed by atoms with van der Waals surface area (Å²) in [6.07, 6.45) is 15.8. The predicted molar refractivity (Wildman–Crippen MR) is 529 cm³/mol. The summed E-state index contributed by atoms with van der Waals surface area (Å²) in [6, 6.07) is 46.0. The van der Waals surface area contributed by atoms with Crippen LogP contribution in [0.5, 0.6) is 23.0 Å². The van der Waals surface area contributed by atoms with Gasteiger partial charge in [0.25, 0.3) is 17.7 Å². The van der Waals surface area contributed by atoms with Gasteiger partial charge in [-0.15, -0.1) is 18.9 Å². The first kappa shape index (κ1) is 98.8. The minimum absolute atomic E-state index is 0.0512.